The predicted molar refractivity (Wildman–Crippen MR) is 117 cm³/mol. The third-order valence-electron chi connectivity index (χ3n) is 4.53. The van der Waals surface area contributed by atoms with Gasteiger partial charge in [-0.1, -0.05) is 22.8 Å². The third-order valence-corrected chi connectivity index (χ3v) is 4.77. The number of nitrogens with zero attached hydrogens (tertiary/aromatic N) is 1. The van der Waals surface area contributed by atoms with Gasteiger partial charge >= 0.3 is 11.9 Å². The molecule has 0 aliphatic heterocycles. The molecule has 0 atom stereocenters. The second-order valence-electron chi connectivity index (χ2n) is 6.72. The lowest BCUT2D eigenvalue weighted by molar-refractivity contribution is 0.0526. The van der Waals surface area contributed by atoms with Gasteiger partial charge in [-0.25, -0.2) is 9.59 Å². The zero-order valence-electron chi connectivity index (χ0n) is 17.0. The summed E-state index contributed by atoms with van der Waals surface area (Å²) < 4.78 is 21.5. The van der Waals surface area contributed by atoms with Crippen molar-refractivity contribution in [3.8, 4) is 11.5 Å². The number of carbonyl (C=O) groups excluding carboxylic acids is 2. The average molecular weight is 452 g/mol. The fraction of sp³-hybridized carbons (Fsp3) is 0.125. The Bertz CT molecular complexity index is 1270. The van der Waals surface area contributed by atoms with Crippen LogP contribution in [0, 0.1) is 0 Å². The van der Waals surface area contributed by atoms with Gasteiger partial charge in [0.2, 0.25) is 0 Å². The second-order valence-corrected chi connectivity index (χ2v) is 7.16. The number of rotatable bonds is 7. The molecule has 0 N–H and O–H groups in total. The maximum absolute atomic E-state index is 12.3. The Kier molecular flexibility index (Phi) is 6.37. The molecule has 7 nitrogen and oxygen atoms in total. The number of esters is 2. The second kappa shape index (κ2) is 9.53. The van der Waals surface area contributed by atoms with Crippen molar-refractivity contribution in [2.45, 2.75) is 13.5 Å². The summed E-state index contributed by atoms with van der Waals surface area (Å²) in [6, 6.07) is 18.1. The molecule has 0 aliphatic rings. The quantitative estimate of drug-likeness (QED) is 0.272. The Balaban J connectivity index is 1.42. The maximum atomic E-state index is 12.3. The molecule has 0 saturated carbocycles. The van der Waals surface area contributed by atoms with Gasteiger partial charge in [0.25, 0.3) is 0 Å². The summed E-state index contributed by atoms with van der Waals surface area (Å²) in [6.07, 6.45) is 0. The van der Waals surface area contributed by atoms with Gasteiger partial charge in [0.15, 0.2) is 5.58 Å². The van der Waals surface area contributed by atoms with Crippen molar-refractivity contribution in [1.82, 2.24) is 5.16 Å². The summed E-state index contributed by atoms with van der Waals surface area (Å²) in [7, 11) is 0. The molecule has 0 unspecified atom stereocenters. The lowest BCUT2D eigenvalue weighted by atomic mass is 10.2. The van der Waals surface area contributed by atoms with E-state index in [2.05, 4.69) is 5.16 Å². The molecule has 4 aromatic rings. The number of aromatic nitrogens is 1. The standard InChI is InChI=1S/C24H18ClNO6/c1-2-29-23(27)15-6-8-18(9-7-15)30-14-21-20-11-10-19(13-22(20)32-26-21)31-24(28)16-4-3-5-17(25)12-16/h3-13H,2,14H2,1H3. The fourth-order valence-electron chi connectivity index (χ4n) is 2.97. The van der Waals surface area contributed by atoms with Gasteiger partial charge in [-0.05, 0) is 61.5 Å². The minimum atomic E-state index is -0.527. The fourth-order valence-corrected chi connectivity index (χ4v) is 3.16. The van der Waals surface area contributed by atoms with Gasteiger partial charge in [0, 0.05) is 16.5 Å². The van der Waals surface area contributed by atoms with Crippen molar-refractivity contribution in [1.29, 1.82) is 0 Å². The molecule has 0 radical (unpaired) electrons. The topological polar surface area (TPSA) is 87.9 Å². The molecule has 0 aliphatic carbocycles. The van der Waals surface area contributed by atoms with Gasteiger partial charge in [0.1, 0.15) is 23.8 Å². The van der Waals surface area contributed by atoms with E-state index in [1.54, 1.807) is 67.6 Å². The first kappa shape index (κ1) is 21.4. The SMILES string of the molecule is CCOC(=O)c1ccc(OCc2noc3cc(OC(=O)c4cccc(Cl)c4)ccc23)cc1. The summed E-state index contributed by atoms with van der Waals surface area (Å²) in [5, 5.41) is 5.22. The number of fused-ring (bicyclic) bond motifs is 1. The van der Waals surface area contributed by atoms with Crippen molar-refractivity contribution in [2.24, 2.45) is 0 Å². The Hall–Kier alpha value is -3.84. The van der Waals surface area contributed by atoms with Crippen molar-refractivity contribution in [2.75, 3.05) is 6.61 Å². The predicted octanol–water partition coefficient (Wildman–Crippen LogP) is 5.46. The number of halogens is 1. The van der Waals surface area contributed by atoms with E-state index in [1.807, 2.05) is 0 Å². The minimum Gasteiger partial charge on any atom is -0.487 e. The van der Waals surface area contributed by atoms with E-state index in [0.29, 0.717) is 45.5 Å². The Morgan fingerprint density at radius 3 is 2.47 bits per heavy atom. The van der Waals surface area contributed by atoms with Crippen LogP contribution in [0.5, 0.6) is 11.5 Å². The van der Waals surface area contributed by atoms with E-state index < -0.39 is 5.97 Å². The van der Waals surface area contributed by atoms with E-state index in [4.69, 9.17) is 30.3 Å². The van der Waals surface area contributed by atoms with Gasteiger partial charge in [-0.3, -0.25) is 0 Å². The largest absolute Gasteiger partial charge is 0.487 e. The average Bonchev–Trinajstić information content (AvgIpc) is 3.20. The highest BCUT2D eigenvalue weighted by molar-refractivity contribution is 6.30. The van der Waals surface area contributed by atoms with Gasteiger partial charge in [-0.2, -0.15) is 0 Å². The Morgan fingerprint density at radius 1 is 0.938 bits per heavy atom. The van der Waals surface area contributed by atoms with E-state index in [9.17, 15) is 9.59 Å². The molecule has 0 saturated heterocycles. The van der Waals surface area contributed by atoms with Crippen LogP contribution in [0.1, 0.15) is 33.3 Å². The molecule has 0 bridgehead atoms. The van der Waals surface area contributed by atoms with Crippen LogP contribution in [0.4, 0.5) is 0 Å². The van der Waals surface area contributed by atoms with Crippen LogP contribution in [0.2, 0.25) is 5.02 Å². The highest BCUT2D eigenvalue weighted by atomic mass is 35.5. The number of ether oxygens (including phenoxy) is 3. The summed E-state index contributed by atoms with van der Waals surface area (Å²) in [4.78, 5) is 24.0. The van der Waals surface area contributed by atoms with Gasteiger partial charge in [0.05, 0.1) is 17.7 Å². The normalized spacial score (nSPS) is 10.7. The van der Waals surface area contributed by atoms with Crippen LogP contribution in [0.3, 0.4) is 0 Å². The van der Waals surface area contributed by atoms with Gasteiger partial charge in [-0.15, -0.1) is 0 Å². The van der Waals surface area contributed by atoms with Gasteiger partial charge < -0.3 is 18.7 Å². The van der Waals surface area contributed by atoms with E-state index in [-0.39, 0.29) is 12.6 Å². The van der Waals surface area contributed by atoms with Crippen LogP contribution >= 0.6 is 11.6 Å². The van der Waals surface area contributed by atoms with E-state index in [1.165, 1.54) is 6.07 Å². The summed E-state index contributed by atoms with van der Waals surface area (Å²) in [5.41, 5.74) is 1.84. The molecule has 1 aromatic heterocycles. The zero-order chi connectivity index (χ0) is 22.5. The van der Waals surface area contributed by atoms with Crippen LogP contribution in [0.15, 0.2) is 71.3 Å². The van der Waals surface area contributed by atoms with Crippen LogP contribution in [-0.4, -0.2) is 23.7 Å². The number of hydrogen-bond donors (Lipinski definition) is 0. The molecule has 1 heterocycles. The Labute approximate surface area is 188 Å². The maximum Gasteiger partial charge on any atom is 0.343 e. The first-order valence-electron chi connectivity index (χ1n) is 9.79. The van der Waals surface area contributed by atoms with E-state index in [0.717, 1.165) is 5.39 Å². The van der Waals surface area contributed by atoms with Crippen molar-refractivity contribution < 1.29 is 28.3 Å². The lowest BCUT2D eigenvalue weighted by Crippen LogP contribution is -2.08. The minimum absolute atomic E-state index is 0.160. The van der Waals surface area contributed by atoms with Crippen molar-refractivity contribution in [3.05, 3.63) is 88.6 Å². The molecule has 162 valence electrons. The lowest BCUT2D eigenvalue weighted by Gasteiger charge is -2.06. The smallest absolute Gasteiger partial charge is 0.343 e. The monoisotopic (exact) mass is 451 g/mol. The van der Waals surface area contributed by atoms with Crippen molar-refractivity contribution in [3.63, 3.8) is 0 Å². The molecule has 32 heavy (non-hydrogen) atoms. The summed E-state index contributed by atoms with van der Waals surface area (Å²) in [6.45, 7) is 2.23. The number of hydrogen-bond acceptors (Lipinski definition) is 7. The summed E-state index contributed by atoms with van der Waals surface area (Å²) in [5.74, 6) is -0.0171. The molecule has 0 spiro atoms. The highest BCUT2D eigenvalue weighted by Crippen LogP contribution is 2.26. The molecule has 8 heteroatoms. The molecule has 0 amide bonds. The zero-order valence-corrected chi connectivity index (χ0v) is 17.8. The summed E-state index contributed by atoms with van der Waals surface area (Å²) >= 11 is 5.92. The molecule has 3 aromatic carbocycles. The third kappa shape index (κ3) is 4.90. The first-order valence-corrected chi connectivity index (χ1v) is 10.2. The van der Waals surface area contributed by atoms with Crippen LogP contribution < -0.4 is 9.47 Å². The highest BCUT2D eigenvalue weighted by Gasteiger charge is 2.14. The molecule has 4 rings (SSSR count). The molecular weight excluding hydrogens is 434 g/mol. The Morgan fingerprint density at radius 2 is 1.72 bits per heavy atom. The molecule has 0 fully saturated rings. The first-order chi connectivity index (χ1) is 15.5. The van der Waals surface area contributed by atoms with E-state index >= 15 is 0 Å². The number of carbonyl (C=O) groups is 2. The van der Waals surface area contributed by atoms with Crippen LogP contribution in [0.25, 0.3) is 11.0 Å². The van der Waals surface area contributed by atoms with Crippen LogP contribution in [-0.2, 0) is 11.3 Å². The molecular formula is C24H18ClNO6. The number of benzene rings is 3. The van der Waals surface area contributed by atoms with Crippen molar-refractivity contribution >= 4 is 34.5 Å².